The molecule has 1 saturated heterocycles. The van der Waals surface area contributed by atoms with Crippen molar-refractivity contribution in [3.8, 4) is 0 Å². The average Bonchev–Trinajstić information content (AvgIpc) is 2.82. The van der Waals surface area contributed by atoms with Gasteiger partial charge in [0, 0.05) is 11.0 Å². The third-order valence-corrected chi connectivity index (χ3v) is 6.04. The molecule has 5 nitrogen and oxygen atoms in total. The van der Waals surface area contributed by atoms with Gasteiger partial charge in [-0.1, -0.05) is 22.0 Å². The van der Waals surface area contributed by atoms with Gasteiger partial charge in [0.1, 0.15) is 6.04 Å². The Morgan fingerprint density at radius 2 is 2.16 bits per heavy atom. The molecule has 0 aliphatic carbocycles. The van der Waals surface area contributed by atoms with Gasteiger partial charge in [0.2, 0.25) is 15.9 Å². The molecule has 0 bridgehead atoms. The minimum absolute atomic E-state index is 0.179. The third kappa shape index (κ3) is 2.68. The van der Waals surface area contributed by atoms with E-state index >= 15 is 0 Å². The number of rotatable bonds is 3. The zero-order chi connectivity index (χ0) is 14.2. The maximum Gasteiger partial charge on any atom is 0.243 e. The Kier molecular flexibility index (Phi) is 3.98. The summed E-state index contributed by atoms with van der Waals surface area (Å²) in [7, 11) is -3.67. The second-order valence-corrected chi connectivity index (χ2v) is 7.33. The molecule has 104 valence electrons. The molecule has 1 aliphatic rings. The number of benzene rings is 1. The molecule has 1 aromatic rings. The maximum atomic E-state index is 12.5. The molecule has 0 aromatic heterocycles. The Balaban J connectivity index is 2.42. The minimum Gasteiger partial charge on any atom is -0.368 e. The lowest BCUT2D eigenvalue weighted by Crippen LogP contribution is -2.43. The Morgan fingerprint density at radius 3 is 2.74 bits per heavy atom. The van der Waals surface area contributed by atoms with E-state index in [-0.39, 0.29) is 4.90 Å². The van der Waals surface area contributed by atoms with Gasteiger partial charge in [-0.15, -0.1) is 0 Å². The summed E-state index contributed by atoms with van der Waals surface area (Å²) in [4.78, 5) is 11.5. The van der Waals surface area contributed by atoms with Gasteiger partial charge in [-0.2, -0.15) is 4.31 Å². The van der Waals surface area contributed by atoms with Crippen LogP contribution in [-0.4, -0.2) is 31.2 Å². The number of hydrogen-bond donors (Lipinski definition) is 1. The summed E-state index contributed by atoms with van der Waals surface area (Å²) < 4.78 is 26.9. The van der Waals surface area contributed by atoms with Crippen LogP contribution in [-0.2, 0) is 14.8 Å². The molecule has 19 heavy (non-hydrogen) atoms. The van der Waals surface area contributed by atoms with E-state index in [1.54, 1.807) is 18.2 Å². The quantitative estimate of drug-likeness (QED) is 0.897. The summed E-state index contributed by atoms with van der Waals surface area (Å²) in [6.07, 6.45) is 1.14. The van der Waals surface area contributed by atoms with Crippen LogP contribution in [0.4, 0.5) is 0 Å². The first-order valence-electron chi connectivity index (χ1n) is 5.91. The summed E-state index contributed by atoms with van der Waals surface area (Å²) in [5.41, 5.74) is 6.21. The lowest BCUT2D eigenvalue weighted by Gasteiger charge is -2.21. The predicted molar refractivity (Wildman–Crippen MR) is 75.0 cm³/mol. The molecule has 1 aromatic carbocycles. The Morgan fingerprint density at radius 1 is 1.47 bits per heavy atom. The van der Waals surface area contributed by atoms with E-state index < -0.39 is 22.0 Å². The van der Waals surface area contributed by atoms with Crippen LogP contribution >= 0.6 is 15.9 Å². The lowest BCUT2D eigenvalue weighted by atomic mass is 10.2. The van der Waals surface area contributed by atoms with Crippen molar-refractivity contribution in [1.29, 1.82) is 0 Å². The van der Waals surface area contributed by atoms with Gasteiger partial charge < -0.3 is 5.73 Å². The van der Waals surface area contributed by atoms with Gasteiger partial charge in [-0.3, -0.25) is 4.79 Å². The molecular formula is C12H15BrN2O3S. The van der Waals surface area contributed by atoms with Crippen LogP contribution in [0.25, 0.3) is 0 Å². The van der Waals surface area contributed by atoms with Crippen LogP contribution in [0.15, 0.2) is 27.6 Å². The number of nitrogens with two attached hydrogens (primary N) is 1. The first kappa shape index (κ1) is 14.5. The van der Waals surface area contributed by atoms with Gasteiger partial charge >= 0.3 is 0 Å². The predicted octanol–water partition coefficient (Wildman–Crippen LogP) is 1.40. The van der Waals surface area contributed by atoms with Crippen LogP contribution in [0.1, 0.15) is 18.4 Å². The molecular weight excluding hydrogens is 332 g/mol. The average molecular weight is 347 g/mol. The third-order valence-electron chi connectivity index (χ3n) is 3.28. The van der Waals surface area contributed by atoms with Crippen molar-refractivity contribution >= 4 is 31.9 Å². The molecule has 1 fully saturated rings. The zero-order valence-corrected chi connectivity index (χ0v) is 12.9. The summed E-state index contributed by atoms with van der Waals surface area (Å²) in [6.45, 7) is 2.21. The number of aryl methyl sites for hydroxylation is 1. The lowest BCUT2D eigenvalue weighted by molar-refractivity contribution is -0.121. The van der Waals surface area contributed by atoms with Crippen LogP contribution in [0.3, 0.4) is 0 Å². The van der Waals surface area contributed by atoms with Crippen LogP contribution in [0.2, 0.25) is 0 Å². The molecule has 0 spiro atoms. The van der Waals surface area contributed by atoms with E-state index in [4.69, 9.17) is 5.73 Å². The number of nitrogens with zero attached hydrogens (tertiary/aromatic N) is 1. The summed E-state index contributed by atoms with van der Waals surface area (Å²) in [5, 5.41) is 0. The highest BCUT2D eigenvalue weighted by molar-refractivity contribution is 9.10. The second kappa shape index (κ2) is 5.22. The van der Waals surface area contributed by atoms with Gasteiger partial charge in [-0.05, 0) is 37.5 Å². The minimum atomic E-state index is -3.67. The largest absolute Gasteiger partial charge is 0.368 e. The monoisotopic (exact) mass is 346 g/mol. The highest BCUT2D eigenvalue weighted by atomic mass is 79.9. The normalized spacial score (nSPS) is 20.6. The summed E-state index contributed by atoms with van der Waals surface area (Å²) >= 11 is 3.32. The van der Waals surface area contributed by atoms with E-state index in [9.17, 15) is 13.2 Å². The highest BCUT2D eigenvalue weighted by Gasteiger charge is 2.38. The van der Waals surface area contributed by atoms with Crippen molar-refractivity contribution in [3.05, 3.63) is 28.2 Å². The van der Waals surface area contributed by atoms with Crippen molar-refractivity contribution < 1.29 is 13.2 Å². The van der Waals surface area contributed by atoms with Crippen molar-refractivity contribution in [2.75, 3.05) is 6.54 Å². The molecule has 2 N–H and O–H groups in total. The van der Waals surface area contributed by atoms with E-state index in [2.05, 4.69) is 15.9 Å². The number of hydrogen-bond acceptors (Lipinski definition) is 3. The fourth-order valence-corrected chi connectivity index (χ4v) is 4.40. The van der Waals surface area contributed by atoms with Crippen LogP contribution < -0.4 is 5.73 Å². The highest BCUT2D eigenvalue weighted by Crippen LogP contribution is 2.28. The van der Waals surface area contributed by atoms with E-state index in [1.165, 1.54) is 4.31 Å². The van der Waals surface area contributed by atoms with Gasteiger partial charge in [0.15, 0.2) is 0 Å². The fourth-order valence-electron chi connectivity index (χ4n) is 2.18. The number of amides is 1. The standard InChI is InChI=1S/C12H15BrN2O3S/c1-8-4-5-9(7-10(8)13)19(17,18)15-6-2-3-11(15)12(14)16/h4-5,7,11H,2-3,6H2,1H3,(H2,14,16). The SMILES string of the molecule is Cc1ccc(S(=O)(=O)N2CCCC2C(N)=O)cc1Br. The zero-order valence-electron chi connectivity index (χ0n) is 10.5. The maximum absolute atomic E-state index is 12.5. The van der Waals surface area contributed by atoms with Crippen molar-refractivity contribution in [3.63, 3.8) is 0 Å². The number of primary amides is 1. The van der Waals surface area contributed by atoms with Crippen molar-refractivity contribution in [2.24, 2.45) is 5.73 Å². The summed E-state index contributed by atoms with van der Waals surface area (Å²) in [5.74, 6) is -0.591. The molecule has 1 amide bonds. The molecule has 2 rings (SSSR count). The van der Waals surface area contributed by atoms with E-state index in [1.807, 2.05) is 6.92 Å². The van der Waals surface area contributed by atoms with E-state index in [0.29, 0.717) is 19.4 Å². The van der Waals surface area contributed by atoms with Crippen LogP contribution in [0.5, 0.6) is 0 Å². The molecule has 1 aliphatic heterocycles. The molecule has 0 radical (unpaired) electrons. The number of halogens is 1. The van der Waals surface area contributed by atoms with Crippen molar-refractivity contribution in [2.45, 2.75) is 30.7 Å². The Bertz CT molecular complexity index is 615. The smallest absolute Gasteiger partial charge is 0.243 e. The fraction of sp³-hybridized carbons (Fsp3) is 0.417. The van der Waals surface area contributed by atoms with Crippen molar-refractivity contribution in [1.82, 2.24) is 4.31 Å². The van der Waals surface area contributed by atoms with Gasteiger partial charge in [0.25, 0.3) is 0 Å². The number of carbonyl (C=O) groups is 1. The van der Waals surface area contributed by atoms with Crippen LogP contribution in [0, 0.1) is 6.92 Å². The molecule has 0 saturated carbocycles. The first-order chi connectivity index (χ1) is 8.84. The van der Waals surface area contributed by atoms with Gasteiger partial charge in [-0.25, -0.2) is 8.42 Å². The second-order valence-electron chi connectivity index (χ2n) is 4.59. The number of carbonyl (C=O) groups excluding carboxylic acids is 1. The molecule has 1 unspecified atom stereocenters. The van der Waals surface area contributed by atoms with E-state index in [0.717, 1.165) is 10.0 Å². The first-order valence-corrected chi connectivity index (χ1v) is 8.14. The molecule has 7 heteroatoms. The number of sulfonamides is 1. The molecule has 1 heterocycles. The van der Waals surface area contributed by atoms with Gasteiger partial charge in [0.05, 0.1) is 4.90 Å². The Hall–Kier alpha value is -0.920. The summed E-state index contributed by atoms with van der Waals surface area (Å²) in [6, 6.07) is 4.10. The topological polar surface area (TPSA) is 80.5 Å². The Labute approximate surface area is 121 Å². The molecule has 1 atom stereocenters.